The van der Waals surface area contributed by atoms with Crippen molar-refractivity contribution in [1.29, 1.82) is 0 Å². The molecule has 5 heteroatoms. The molecule has 72 valence electrons. The van der Waals surface area contributed by atoms with Crippen LogP contribution in [-0.4, -0.2) is 36.0 Å². The maximum absolute atomic E-state index is 10.3. The van der Waals surface area contributed by atoms with E-state index in [2.05, 4.69) is 17.9 Å². The van der Waals surface area contributed by atoms with Gasteiger partial charge in [-0.25, -0.2) is 0 Å². The summed E-state index contributed by atoms with van der Waals surface area (Å²) in [6.07, 6.45) is 1.32. The normalized spacial score (nSPS) is 12.8. The van der Waals surface area contributed by atoms with Crippen LogP contribution in [0, 0.1) is 0 Å². The zero-order chi connectivity index (χ0) is 9.40. The van der Waals surface area contributed by atoms with Crippen molar-refractivity contribution in [2.45, 2.75) is 18.9 Å². The monoisotopic (exact) mass is 192 g/mol. The van der Waals surface area contributed by atoms with E-state index in [0.717, 1.165) is 25.3 Å². The van der Waals surface area contributed by atoms with Gasteiger partial charge in [-0.3, -0.25) is 4.79 Å². The van der Waals surface area contributed by atoms with E-state index in [1.165, 1.54) is 0 Å². The Morgan fingerprint density at radius 3 is 2.75 bits per heavy atom. The van der Waals surface area contributed by atoms with Gasteiger partial charge in [-0.1, -0.05) is 0 Å². The fourth-order valence-electron chi connectivity index (χ4n) is 0.775. The topological polar surface area (TPSA) is 75.3 Å². The minimum Gasteiger partial charge on any atom is -0.480 e. The number of nitrogens with one attached hydrogen (secondary N) is 1. The minimum absolute atomic E-state index is 0.523. The SMILES string of the molecule is N[C@@H](CCCNCCS)C(=O)O. The average Bonchev–Trinajstić information content (AvgIpc) is 2.03. The highest BCUT2D eigenvalue weighted by Gasteiger charge is 2.09. The van der Waals surface area contributed by atoms with E-state index in [0.29, 0.717) is 6.42 Å². The summed E-state index contributed by atoms with van der Waals surface area (Å²) < 4.78 is 0. The molecule has 0 spiro atoms. The molecule has 0 fully saturated rings. The second-order valence-corrected chi connectivity index (χ2v) is 3.01. The van der Waals surface area contributed by atoms with E-state index >= 15 is 0 Å². The maximum Gasteiger partial charge on any atom is 0.320 e. The van der Waals surface area contributed by atoms with Crippen molar-refractivity contribution in [1.82, 2.24) is 5.32 Å². The molecule has 0 aromatic heterocycles. The van der Waals surface area contributed by atoms with Crippen LogP contribution in [-0.2, 0) is 4.79 Å². The van der Waals surface area contributed by atoms with Crippen molar-refractivity contribution >= 4 is 18.6 Å². The molecule has 0 amide bonds. The second-order valence-electron chi connectivity index (χ2n) is 2.56. The number of carboxylic acid groups (broad SMARTS) is 1. The predicted molar refractivity (Wildman–Crippen MR) is 51.6 cm³/mol. The van der Waals surface area contributed by atoms with Crippen molar-refractivity contribution in [3.63, 3.8) is 0 Å². The standard InChI is InChI=1S/C7H16N2O2S/c8-6(7(10)11)2-1-3-9-4-5-12/h6,9,12H,1-5,8H2,(H,10,11)/t6-/m0/s1. The van der Waals surface area contributed by atoms with Gasteiger partial charge in [0.05, 0.1) is 0 Å². The first-order valence-corrected chi connectivity index (χ1v) is 4.61. The first kappa shape index (κ1) is 11.7. The zero-order valence-corrected chi connectivity index (χ0v) is 7.89. The molecule has 0 aliphatic rings. The summed E-state index contributed by atoms with van der Waals surface area (Å²) in [5, 5.41) is 11.5. The Hall–Kier alpha value is -0.260. The van der Waals surface area contributed by atoms with Crippen LogP contribution in [0.25, 0.3) is 0 Å². The predicted octanol–water partition coefficient (Wildman–Crippen LogP) is -0.302. The largest absolute Gasteiger partial charge is 0.480 e. The van der Waals surface area contributed by atoms with Crippen LogP contribution in [0.2, 0.25) is 0 Å². The molecule has 0 aliphatic carbocycles. The summed E-state index contributed by atoms with van der Waals surface area (Å²) in [6, 6.07) is -0.720. The molecule has 4 N–H and O–H groups in total. The number of hydrogen-bond acceptors (Lipinski definition) is 4. The lowest BCUT2D eigenvalue weighted by molar-refractivity contribution is -0.138. The van der Waals surface area contributed by atoms with Gasteiger partial charge in [-0.2, -0.15) is 12.6 Å². The van der Waals surface area contributed by atoms with Crippen LogP contribution in [0.4, 0.5) is 0 Å². The number of nitrogens with two attached hydrogens (primary N) is 1. The Bertz CT molecular complexity index is 133. The Labute approximate surface area is 77.9 Å². The Kier molecular flexibility index (Phi) is 7.23. The van der Waals surface area contributed by atoms with E-state index < -0.39 is 12.0 Å². The smallest absolute Gasteiger partial charge is 0.320 e. The molecule has 0 radical (unpaired) electrons. The van der Waals surface area contributed by atoms with E-state index in [-0.39, 0.29) is 0 Å². The summed E-state index contributed by atoms with van der Waals surface area (Å²) in [6.45, 7) is 1.66. The van der Waals surface area contributed by atoms with E-state index in [1.807, 2.05) is 0 Å². The minimum atomic E-state index is -0.927. The Morgan fingerprint density at radius 2 is 2.25 bits per heavy atom. The number of hydrogen-bond donors (Lipinski definition) is 4. The summed E-state index contributed by atoms with van der Waals surface area (Å²) in [4.78, 5) is 10.3. The van der Waals surface area contributed by atoms with Crippen LogP contribution in [0.5, 0.6) is 0 Å². The fourth-order valence-corrected chi connectivity index (χ4v) is 0.933. The van der Waals surface area contributed by atoms with Crippen LogP contribution in [0.3, 0.4) is 0 Å². The number of thiol groups is 1. The van der Waals surface area contributed by atoms with Crippen molar-refractivity contribution in [3.8, 4) is 0 Å². The highest BCUT2D eigenvalue weighted by molar-refractivity contribution is 7.80. The molecule has 0 heterocycles. The quantitative estimate of drug-likeness (QED) is 0.330. The maximum atomic E-state index is 10.3. The van der Waals surface area contributed by atoms with Gasteiger partial charge in [0.15, 0.2) is 0 Å². The third-order valence-corrected chi connectivity index (χ3v) is 1.70. The average molecular weight is 192 g/mol. The molecule has 12 heavy (non-hydrogen) atoms. The van der Waals surface area contributed by atoms with Gasteiger partial charge in [0.25, 0.3) is 0 Å². The van der Waals surface area contributed by atoms with Gasteiger partial charge in [0.2, 0.25) is 0 Å². The fraction of sp³-hybridized carbons (Fsp3) is 0.857. The molecule has 4 nitrogen and oxygen atoms in total. The molecule has 0 unspecified atom stereocenters. The molecule has 1 atom stereocenters. The molecule has 0 rings (SSSR count). The van der Waals surface area contributed by atoms with Crippen LogP contribution >= 0.6 is 12.6 Å². The van der Waals surface area contributed by atoms with E-state index in [1.54, 1.807) is 0 Å². The number of rotatable bonds is 7. The van der Waals surface area contributed by atoms with Gasteiger partial charge >= 0.3 is 5.97 Å². The number of carboxylic acids is 1. The summed E-state index contributed by atoms with van der Waals surface area (Å²) in [5.41, 5.74) is 5.29. The summed E-state index contributed by atoms with van der Waals surface area (Å²) in [7, 11) is 0. The molecule has 0 aromatic carbocycles. The van der Waals surface area contributed by atoms with Crippen LogP contribution in [0.1, 0.15) is 12.8 Å². The molecule has 0 bridgehead atoms. The Morgan fingerprint density at radius 1 is 1.58 bits per heavy atom. The molecule has 0 aromatic rings. The molecule has 0 saturated carbocycles. The summed E-state index contributed by atoms with van der Waals surface area (Å²) >= 11 is 4.01. The van der Waals surface area contributed by atoms with Gasteiger partial charge in [0.1, 0.15) is 6.04 Å². The van der Waals surface area contributed by atoms with Crippen molar-refractivity contribution in [2.24, 2.45) is 5.73 Å². The second kappa shape index (κ2) is 7.39. The highest BCUT2D eigenvalue weighted by Crippen LogP contribution is 1.92. The van der Waals surface area contributed by atoms with Gasteiger partial charge in [0, 0.05) is 12.3 Å². The molecule has 0 saturated heterocycles. The van der Waals surface area contributed by atoms with E-state index in [4.69, 9.17) is 10.8 Å². The Balaban J connectivity index is 3.14. The third-order valence-electron chi connectivity index (χ3n) is 1.47. The molecule has 0 aliphatic heterocycles. The van der Waals surface area contributed by atoms with Crippen molar-refractivity contribution < 1.29 is 9.90 Å². The first-order chi connectivity index (χ1) is 5.68. The van der Waals surface area contributed by atoms with Gasteiger partial charge in [-0.15, -0.1) is 0 Å². The third kappa shape index (κ3) is 6.45. The lowest BCUT2D eigenvalue weighted by Crippen LogP contribution is -2.31. The van der Waals surface area contributed by atoms with Crippen LogP contribution in [0.15, 0.2) is 0 Å². The lowest BCUT2D eigenvalue weighted by Gasteiger charge is -2.05. The van der Waals surface area contributed by atoms with Crippen LogP contribution < -0.4 is 11.1 Å². The molecular formula is C7H16N2O2S. The zero-order valence-electron chi connectivity index (χ0n) is 6.99. The lowest BCUT2D eigenvalue weighted by atomic mass is 10.2. The van der Waals surface area contributed by atoms with Gasteiger partial charge in [-0.05, 0) is 19.4 Å². The van der Waals surface area contributed by atoms with Gasteiger partial charge < -0.3 is 16.2 Å². The van der Waals surface area contributed by atoms with E-state index in [9.17, 15) is 4.79 Å². The summed E-state index contributed by atoms with van der Waals surface area (Å²) in [5.74, 6) is -0.130. The number of aliphatic carboxylic acids is 1. The molecular weight excluding hydrogens is 176 g/mol. The highest BCUT2D eigenvalue weighted by atomic mass is 32.1. The first-order valence-electron chi connectivity index (χ1n) is 3.98. The number of carbonyl (C=O) groups is 1. The van der Waals surface area contributed by atoms with Crippen molar-refractivity contribution in [2.75, 3.05) is 18.8 Å². The van der Waals surface area contributed by atoms with Crippen molar-refractivity contribution in [3.05, 3.63) is 0 Å².